The third-order valence-corrected chi connectivity index (χ3v) is 1.15. The molecule has 0 aliphatic rings. The number of rotatable bonds is 0. The van der Waals surface area contributed by atoms with Gasteiger partial charge in [-0.15, -0.1) is 0 Å². The largest absolute Gasteiger partial charge is 0.0890 e. The molecule has 0 saturated heterocycles. The molecule has 0 heteroatoms. The molecular formula is C12H28. The minimum Gasteiger partial charge on any atom is -0.0890 e. The van der Waals surface area contributed by atoms with E-state index in [-0.39, 0.29) is 14.9 Å². The Bertz CT molecular complexity index is 92.0. The van der Waals surface area contributed by atoms with E-state index in [0.29, 0.717) is 0 Å². The Morgan fingerprint density at radius 3 is 0.750 bits per heavy atom. The average molecular weight is 172 g/mol. The highest BCUT2D eigenvalue weighted by molar-refractivity contribution is 4.89. The Morgan fingerprint density at radius 2 is 0.750 bits per heavy atom. The second kappa shape index (κ2) is 16.8. The van der Waals surface area contributed by atoms with Crippen molar-refractivity contribution in [3.8, 4) is 0 Å². The van der Waals surface area contributed by atoms with Gasteiger partial charge in [0.1, 0.15) is 0 Å². The highest BCUT2D eigenvalue weighted by atomic mass is 13.7. The molecule has 0 aromatic heterocycles. The fraction of sp³-hybridized carbons (Fsp3) is 0.667. The number of hydrogen-bond donors (Lipinski definition) is 0. The maximum atomic E-state index is 2.08. The molecule has 0 radical (unpaired) electrons. The van der Waals surface area contributed by atoms with E-state index in [1.165, 1.54) is 11.1 Å². The molecule has 76 valence electrons. The van der Waals surface area contributed by atoms with Crippen LogP contribution in [0.5, 0.6) is 0 Å². The van der Waals surface area contributed by atoms with Gasteiger partial charge in [-0.2, -0.15) is 0 Å². The molecule has 12 heavy (non-hydrogen) atoms. The lowest BCUT2D eigenvalue weighted by molar-refractivity contribution is 1.36. The molecule has 0 aromatic carbocycles. The maximum Gasteiger partial charge on any atom is -0.0442 e. The van der Waals surface area contributed by atoms with Crippen molar-refractivity contribution in [3.05, 3.63) is 23.3 Å². The van der Waals surface area contributed by atoms with Crippen molar-refractivity contribution >= 4 is 0 Å². The van der Waals surface area contributed by atoms with E-state index < -0.39 is 0 Å². The van der Waals surface area contributed by atoms with Crippen LogP contribution in [0.15, 0.2) is 23.3 Å². The molecule has 0 bridgehead atoms. The molecule has 0 amide bonds. The molecule has 0 fully saturated rings. The lowest BCUT2D eigenvalue weighted by Gasteiger charge is -1.74. The average Bonchev–Trinajstić information content (AvgIpc) is 1.89. The Kier molecular flexibility index (Phi) is 31.6. The van der Waals surface area contributed by atoms with Crippen molar-refractivity contribution in [1.82, 2.24) is 0 Å². The van der Waals surface area contributed by atoms with Crippen LogP contribution in [0.1, 0.15) is 56.4 Å². The minimum atomic E-state index is 0. The molecule has 0 nitrogen and oxygen atoms in total. The predicted molar refractivity (Wildman–Crippen MR) is 63.7 cm³/mol. The Hall–Kier alpha value is -0.520. The minimum absolute atomic E-state index is 0. The summed E-state index contributed by atoms with van der Waals surface area (Å²) in [7, 11) is 0. The Balaban J connectivity index is -0.0000000457. The van der Waals surface area contributed by atoms with Crippen LogP contribution in [0.2, 0.25) is 0 Å². The van der Waals surface area contributed by atoms with Gasteiger partial charge in [0.05, 0.1) is 0 Å². The first-order chi connectivity index (χ1) is 4.54. The molecule has 0 atom stereocenters. The van der Waals surface area contributed by atoms with Crippen LogP contribution in [0.25, 0.3) is 0 Å². The van der Waals surface area contributed by atoms with Crippen molar-refractivity contribution in [2.45, 2.75) is 56.4 Å². The van der Waals surface area contributed by atoms with Gasteiger partial charge in [0, 0.05) is 0 Å². The van der Waals surface area contributed by atoms with E-state index >= 15 is 0 Å². The standard InChI is InChI=1S/2C5H10.2CH4/c2*1-4-5(2)3;;/h2*4H,1-3H3;2*1H4. The van der Waals surface area contributed by atoms with E-state index in [9.17, 15) is 0 Å². The first-order valence-corrected chi connectivity index (χ1v) is 3.73. The van der Waals surface area contributed by atoms with Gasteiger partial charge in [0.15, 0.2) is 0 Å². The summed E-state index contributed by atoms with van der Waals surface area (Å²) in [5.41, 5.74) is 2.76. The highest BCUT2D eigenvalue weighted by Gasteiger charge is 1.61. The molecule has 0 aliphatic heterocycles. The van der Waals surface area contributed by atoms with Crippen LogP contribution in [0, 0.1) is 0 Å². The molecular weight excluding hydrogens is 144 g/mol. The quantitative estimate of drug-likeness (QED) is 0.440. The second-order valence-corrected chi connectivity index (χ2v) is 2.73. The summed E-state index contributed by atoms with van der Waals surface area (Å²) in [5.74, 6) is 0. The summed E-state index contributed by atoms with van der Waals surface area (Å²) in [5, 5.41) is 0. The van der Waals surface area contributed by atoms with Gasteiger partial charge in [-0.25, -0.2) is 0 Å². The van der Waals surface area contributed by atoms with E-state index in [1.807, 2.05) is 13.8 Å². The molecule has 0 saturated carbocycles. The monoisotopic (exact) mass is 172 g/mol. The van der Waals surface area contributed by atoms with Crippen LogP contribution in [0.4, 0.5) is 0 Å². The molecule has 0 unspecified atom stereocenters. The lowest BCUT2D eigenvalue weighted by atomic mass is 10.3. The van der Waals surface area contributed by atoms with Crippen LogP contribution in [-0.4, -0.2) is 0 Å². The highest BCUT2D eigenvalue weighted by Crippen LogP contribution is 1.82. The SMILES string of the molecule is C.C.CC=C(C)C.CC=C(C)C. The summed E-state index contributed by atoms with van der Waals surface area (Å²) in [6, 6.07) is 0. The maximum absolute atomic E-state index is 2.08. The fourth-order valence-electron chi connectivity index (χ4n) is 0. The normalized spacial score (nSPS) is 5.83. The smallest absolute Gasteiger partial charge is 0.0442 e. The third-order valence-electron chi connectivity index (χ3n) is 1.15. The van der Waals surface area contributed by atoms with Crippen molar-refractivity contribution in [3.63, 3.8) is 0 Å². The Morgan fingerprint density at radius 1 is 0.667 bits per heavy atom. The van der Waals surface area contributed by atoms with Crippen LogP contribution >= 0.6 is 0 Å². The van der Waals surface area contributed by atoms with Crippen LogP contribution in [-0.2, 0) is 0 Å². The van der Waals surface area contributed by atoms with Gasteiger partial charge in [-0.1, -0.05) is 38.2 Å². The first-order valence-electron chi connectivity index (χ1n) is 3.73. The second-order valence-electron chi connectivity index (χ2n) is 2.73. The van der Waals surface area contributed by atoms with E-state index in [2.05, 4.69) is 39.8 Å². The molecule has 0 heterocycles. The summed E-state index contributed by atoms with van der Waals surface area (Å²) < 4.78 is 0. The van der Waals surface area contributed by atoms with Gasteiger partial charge in [-0.05, 0) is 41.5 Å². The van der Waals surface area contributed by atoms with Crippen molar-refractivity contribution in [1.29, 1.82) is 0 Å². The zero-order valence-corrected chi connectivity index (χ0v) is 8.15. The van der Waals surface area contributed by atoms with Crippen LogP contribution in [0.3, 0.4) is 0 Å². The van der Waals surface area contributed by atoms with Gasteiger partial charge in [0.25, 0.3) is 0 Å². The van der Waals surface area contributed by atoms with Crippen molar-refractivity contribution in [2.24, 2.45) is 0 Å². The summed E-state index contributed by atoms with van der Waals surface area (Å²) in [4.78, 5) is 0. The van der Waals surface area contributed by atoms with Crippen molar-refractivity contribution < 1.29 is 0 Å². The molecule has 0 spiro atoms. The predicted octanol–water partition coefficient (Wildman–Crippen LogP) is 5.22. The first kappa shape index (κ1) is 22.5. The van der Waals surface area contributed by atoms with Crippen molar-refractivity contribution in [2.75, 3.05) is 0 Å². The number of hydrogen-bond acceptors (Lipinski definition) is 0. The molecule has 0 N–H and O–H groups in total. The fourth-order valence-corrected chi connectivity index (χ4v) is 0. The third kappa shape index (κ3) is 56.3. The van der Waals surface area contributed by atoms with Gasteiger partial charge < -0.3 is 0 Å². The summed E-state index contributed by atoms with van der Waals surface area (Å²) in [6.45, 7) is 12.4. The lowest BCUT2D eigenvalue weighted by Crippen LogP contribution is -1.52. The zero-order chi connectivity index (χ0) is 8.57. The zero-order valence-electron chi connectivity index (χ0n) is 8.15. The van der Waals surface area contributed by atoms with Gasteiger partial charge in [-0.3, -0.25) is 0 Å². The topological polar surface area (TPSA) is 0 Å². The van der Waals surface area contributed by atoms with E-state index in [0.717, 1.165) is 0 Å². The molecule has 0 rings (SSSR count). The van der Waals surface area contributed by atoms with E-state index in [1.54, 1.807) is 0 Å². The van der Waals surface area contributed by atoms with Gasteiger partial charge in [0.2, 0.25) is 0 Å². The summed E-state index contributed by atoms with van der Waals surface area (Å²) >= 11 is 0. The Labute approximate surface area is 80.4 Å². The van der Waals surface area contributed by atoms with E-state index in [4.69, 9.17) is 0 Å². The summed E-state index contributed by atoms with van der Waals surface area (Å²) in [6.07, 6.45) is 4.17. The van der Waals surface area contributed by atoms with Gasteiger partial charge >= 0.3 is 0 Å². The molecule has 0 aliphatic carbocycles. The number of allylic oxidation sites excluding steroid dienone is 4. The molecule has 0 aromatic rings. The van der Waals surface area contributed by atoms with Crippen LogP contribution < -0.4 is 0 Å².